The number of carbonyl (C=O) groups is 1. The van der Waals surface area contributed by atoms with Crippen LogP contribution in [0.2, 0.25) is 0 Å². The number of thiazole rings is 1. The second-order valence-electron chi connectivity index (χ2n) is 5.36. The molecule has 1 fully saturated rings. The second-order valence-corrected chi connectivity index (χ2v) is 6.39. The highest BCUT2D eigenvalue weighted by molar-refractivity contribution is 7.19. The van der Waals surface area contributed by atoms with Crippen molar-refractivity contribution in [3.8, 4) is 6.07 Å². The Morgan fingerprint density at radius 1 is 1.38 bits per heavy atom. The van der Waals surface area contributed by atoms with E-state index in [1.807, 2.05) is 30.5 Å². The smallest absolute Gasteiger partial charge is 0.409 e. The summed E-state index contributed by atoms with van der Waals surface area (Å²) in [6.45, 7) is 4.72. The lowest BCUT2D eigenvalue weighted by Crippen LogP contribution is -2.47. The van der Waals surface area contributed by atoms with Crippen LogP contribution >= 0.6 is 11.3 Å². The number of nitrogens with zero attached hydrogens (tertiary/aromatic N) is 4. The molecule has 0 unspecified atom stereocenters. The number of hydrogen-bond donors (Lipinski definition) is 0. The number of hydrogen-bond acceptors (Lipinski definition) is 6. The molecular weight excluding hydrogens is 324 g/mol. The van der Waals surface area contributed by atoms with Gasteiger partial charge in [0.15, 0.2) is 0 Å². The van der Waals surface area contributed by atoms with Gasteiger partial charge in [0.1, 0.15) is 16.6 Å². The molecule has 1 aliphatic rings. The zero-order chi connectivity index (χ0) is 16.9. The highest BCUT2D eigenvalue weighted by Gasteiger charge is 2.21. The van der Waals surface area contributed by atoms with E-state index in [-0.39, 0.29) is 6.09 Å². The number of aromatic nitrogens is 1. The topological polar surface area (TPSA) is 69.5 Å². The van der Waals surface area contributed by atoms with Gasteiger partial charge in [0, 0.05) is 32.4 Å². The fourth-order valence-corrected chi connectivity index (χ4v) is 3.48. The number of nitriles is 1. The molecule has 0 atom stereocenters. The van der Waals surface area contributed by atoms with E-state index in [0.717, 1.165) is 15.2 Å². The molecule has 1 aromatic carbocycles. The maximum atomic E-state index is 11.7. The third-order valence-electron chi connectivity index (χ3n) is 3.80. The minimum absolute atomic E-state index is 0.271. The molecule has 1 saturated heterocycles. The molecule has 0 radical (unpaired) electrons. The predicted octanol–water partition coefficient (Wildman–Crippen LogP) is 2.93. The molecule has 1 amide bonds. The maximum Gasteiger partial charge on any atom is 0.409 e. The van der Waals surface area contributed by atoms with Gasteiger partial charge >= 0.3 is 6.09 Å². The first-order chi connectivity index (χ1) is 11.7. The van der Waals surface area contributed by atoms with E-state index in [4.69, 9.17) is 4.74 Å². The molecule has 6 nitrogen and oxygen atoms in total. The summed E-state index contributed by atoms with van der Waals surface area (Å²) in [6, 6.07) is 10.1. The average Bonchev–Trinajstić information content (AvgIpc) is 3.04. The van der Waals surface area contributed by atoms with Gasteiger partial charge in [-0.25, -0.2) is 9.78 Å². The van der Waals surface area contributed by atoms with Gasteiger partial charge in [-0.15, -0.1) is 11.3 Å². The number of amides is 1. The molecule has 3 rings (SSSR count). The summed E-state index contributed by atoms with van der Waals surface area (Å²) < 4.78 is 6.08. The predicted molar refractivity (Wildman–Crippen MR) is 93.4 cm³/mol. The van der Waals surface area contributed by atoms with Gasteiger partial charge in [-0.1, -0.05) is 12.1 Å². The number of para-hydroxylation sites is 1. The monoisotopic (exact) mass is 342 g/mol. The quantitative estimate of drug-likeness (QED) is 0.802. The van der Waals surface area contributed by atoms with Crippen molar-refractivity contribution in [2.75, 3.05) is 32.8 Å². The Bertz CT molecular complexity index is 767. The Labute approximate surface area is 144 Å². The van der Waals surface area contributed by atoms with E-state index < -0.39 is 0 Å². The van der Waals surface area contributed by atoms with Crippen LogP contribution in [0.15, 0.2) is 30.5 Å². The van der Waals surface area contributed by atoms with Crippen molar-refractivity contribution >= 4 is 33.2 Å². The van der Waals surface area contributed by atoms with Crippen molar-refractivity contribution in [2.45, 2.75) is 6.92 Å². The first kappa shape index (κ1) is 16.3. The molecule has 1 aromatic heterocycles. The fourth-order valence-electron chi connectivity index (χ4n) is 2.55. The van der Waals surface area contributed by atoms with Crippen LogP contribution in [0.3, 0.4) is 0 Å². The van der Waals surface area contributed by atoms with E-state index >= 15 is 0 Å². The number of piperazine rings is 1. The second kappa shape index (κ2) is 7.32. The minimum Gasteiger partial charge on any atom is -0.450 e. The van der Waals surface area contributed by atoms with Crippen LogP contribution in [0.25, 0.3) is 15.8 Å². The highest BCUT2D eigenvalue weighted by atomic mass is 32.1. The molecule has 24 heavy (non-hydrogen) atoms. The first-order valence-electron chi connectivity index (χ1n) is 7.85. The molecule has 0 aliphatic carbocycles. The molecule has 0 N–H and O–H groups in total. The lowest BCUT2D eigenvalue weighted by atomic mass is 10.3. The Balaban J connectivity index is 1.70. The van der Waals surface area contributed by atoms with Gasteiger partial charge in [0.05, 0.1) is 16.8 Å². The minimum atomic E-state index is -0.271. The van der Waals surface area contributed by atoms with Crippen LogP contribution in [-0.2, 0) is 4.74 Å². The van der Waals surface area contributed by atoms with Crippen LogP contribution < -0.4 is 0 Å². The number of ether oxygens (including phenoxy) is 1. The average molecular weight is 342 g/mol. The largest absolute Gasteiger partial charge is 0.450 e. The fraction of sp³-hybridized carbons (Fsp3) is 0.353. The van der Waals surface area contributed by atoms with Crippen molar-refractivity contribution in [3.05, 3.63) is 35.5 Å². The number of carbonyl (C=O) groups excluding carboxylic acids is 1. The maximum absolute atomic E-state index is 11.7. The van der Waals surface area contributed by atoms with Crippen molar-refractivity contribution in [2.24, 2.45) is 0 Å². The number of fused-ring (bicyclic) bond motifs is 1. The molecule has 1 aliphatic heterocycles. The molecular formula is C17H18N4O2S. The van der Waals surface area contributed by atoms with Gasteiger partial charge in [0.2, 0.25) is 0 Å². The Morgan fingerprint density at radius 3 is 2.79 bits per heavy atom. The molecule has 0 bridgehead atoms. The summed E-state index contributed by atoms with van der Waals surface area (Å²) >= 11 is 1.52. The SMILES string of the molecule is CCOC(=O)N1CCN(C=C(C#N)c2nc3ccccc3s2)CC1. The summed E-state index contributed by atoms with van der Waals surface area (Å²) in [5.74, 6) is 0. The molecule has 7 heteroatoms. The molecule has 0 spiro atoms. The Hall–Kier alpha value is -2.59. The van der Waals surface area contributed by atoms with E-state index in [9.17, 15) is 10.1 Å². The summed E-state index contributed by atoms with van der Waals surface area (Å²) in [6.07, 6.45) is 1.58. The summed E-state index contributed by atoms with van der Waals surface area (Å²) in [4.78, 5) is 20.0. The van der Waals surface area contributed by atoms with E-state index in [2.05, 4.69) is 16.0 Å². The van der Waals surface area contributed by atoms with Crippen LogP contribution in [0.5, 0.6) is 0 Å². The van der Waals surface area contributed by atoms with Crippen molar-refractivity contribution < 1.29 is 9.53 Å². The molecule has 2 aromatic rings. The van der Waals surface area contributed by atoms with E-state index in [0.29, 0.717) is 38.4 Å². The van der Waals surface area contributed by atoms with Gasteiger partial charge < -0.3 is 14.5 Å². The third-order valence-corrected chi connectivity index (χ3v) is 4.87. The van der Waals surface area contributed by atoms with Crippen molar-refractivity contribution in [1.82, 2.24) is 14.8 Å². The van der Waals surface area contributed by atoms with Gasteiger partial charge in [-0.3, -0.25) is 0 Å². The number of rotatable bonds is 3. The summed E-state index contributed by atoms with van der Waals surface area (Å²) in [5, 5.41) is 10.2. The summed E-state index contributed by atoms with van der Waals surface area (Å²) in [7, 11) is 0. The van der Waals surface area contributed by atoms with Crippen molar-refractivity contribution in [1.29, 1.82) is 5.26 Å². The lowest BCUT2D eigenvalue weighted by molar-refractivity contribution is 0.0892. The van der Waals surface area contributed by atoms with Crippen molar-refractivity contribution in [3.63, 3.8) is 0 Å². The summed E-state index contributed by atoms with van der Waals surface area (Å²) in [5.41, 5.74) is 1.46. The lowest BCUT2D eigenvalue weighted by Gasteiger charge is -2.33. The number of benzene rings is 1. The number of allylic oxidation sites excluding steroid dienone is 1. The zero-order valence-corrected chi connectivity index (χ0v) is 14.3. The van der Waals surface area contributed by atoms with Crippen LogP contribution in [-0.4, -0.2) is 53.7 Å². The molecule has 124 valence electrons. The van der Waals surface area contributed by atoms with Gasteiger partial charge in [0.25, 0.3) is 0 Å². The zero-order valence-electron chi connectivity index (χ0n) is 13.4. The molecule has 0 saturated carbocycles. The van der Waals surface area contributed by atoms with E-state index in [1.54, 1.807) is 11.8 Å². The normalized spacial score (nSPS) is 15.4. The van der Waals surface area contributed by atoms with Gasteiger partial charge in [-0.05, 0) is 19.1 Å². The van der Waals surface area contributed by atoms with Crippen LogP contribution in [0, 0.1) is 11.3 Å². The Morgan fingerprint density at radius 2 is 2.12 bits per heavy atom. The first-order valence-corrected chi connectivity index (χ1v) is 8.66. The highest BCUT2D eigenvalue weighted by Crippen LogP contribution is 2.27. The van der Waals surface area contributed by atoms with Crippen LogP contribution in [0.1, 0.15) is 11.9 Å². The van der Waals surface area contributed by atoms with E-state index in [1.165, 1.54) is 11.3 Å². The Kier molecular flexibility index (Phi) is 4.96. The van der Waals surface area contributed by atoms with Crippen LogP contribution in [0.4, 0.5) is 4.79 Å². The third kappa shape index (κ3) is 3.49. The van der Waals surface area contributed by atoms with Gasteiger partial charge in [-0.2, -0.15) is 5.26 Å². The molecule has 2 heterocycles. The standard InChI is InChI=1S/C17H18N4O2S/c1-2-23-17(22)21-9-7-20(8-10-21)12-13(11-18)16-19-14-5-3-4-6-15(14)24-16/h3-6,12H,2,7-10H2,1H3.